The second-order valence-corrected chi connectivity index (χ2v) is 4.67. The molecule has 0 aliphatic carbocycles. The number of phenolic OH excluding ortho intramolecular Hbond substituents is 1. The SMILES string of the molecule is O=C(NN=Cc1c(Cl)ccc(Cl)c1O)c1ccccc1. The number of phenols is 1. The van der Waals surface area contributed by atoms with Crippen molar-refractivity contribution >= 4 is 35.3 Å². The van der Waals surface area contributed by atoms with E-state index in [2.05, 4.69) is 10.5 Å². The molecule has 0 aliphatic heterocycles. The number of carbonyl (C=O) groups is 1. The summed E-state index contributed by atoms with van der Waals surface area (Å²) >= 11 is 11.7. The summed E-state index contributed by atoms with van der Waals surface area (Å²) in [7, 11) is 0. The summed E-state index contributed by atoms with van der Waals surface area (Å²) in [6.07, 6.45) is 1.24. The molecule has 2 aromatic carbocycles. The minimum Gasteiger partial charge on any atom is -0.506 e. The summed E-state index contributed by atoms with van der Waals surface area (Å²) in [5.41, 5.74) is 3.06. The van der Waals surface area contributed by atoms with Gasteiger partial charge in [0.2, 0.25) is 0 Å². The molecule has 102 valence electrons. The fourth-order valence-corrected chi connectivity index (χ4v) is 1.86. The monoisotopic (exact) mass is 308 g/mol. The van der Waals surface area contributed by atoms with E-state index in [9.17, 15) is 9.90 Å². The first-order valence-electron chi connectivity index (χ1n) is 5.65. The standard InChI is InChI=1S/C14H10Cl2N2O2/c15-11-6-7-12(16)13(19)10(11)8-17-18-14(20)9-4-2-1-3-5-9/h1-8,19H,(H,18,20). The van der Waals surface area contributed by atoms with Crippen molar-refractivity contribution in [1.82, 2.24) is 5.43 Å². The molecular weight excluding hydrogens is 299 g/mol. The van der Waals surface area contributed by atoms with Crippen molar-refractivity contribution < 1.29 is 9.90 Å². The Bertz CT molecular complexity index is 658. The number of hydrogen-bond donors (Lipinski definition) is 2. The molecule has 1 amide bonds. The van der Waals surface area contributed by atoms with Gasteiger partial charge in [-0.1, -0.05) is 41.4 Å². The first-order chi connectivity index (χ1) is 9.59. The van der Waals surface area contributed by atoms with E-state index < -0.39 is 0 Å². The molecule has 0 radical (unpaired) electrons. The van der Waals surface area contributed by atoms with Crippen LogP contribution in [0.2, 0.25) is 10.0 Å². The van der Waals surface area contributed by atoms with Gasteiger partial charge in [-0.05, 0) is 24.3 Å². The van der Waals surface area contributed by atoms with Gasteiger partial charge in [-0.15, -0.1) is 0 Å². The number of carbonyl (C=O) groups excluding carboxylic acids is 1. The Morgan fingerprint density at radius 3 is 2.45 bits per heavy atom. The Morgan fingerprint density at radius 2 is 1.75 bits per heavy atom. The second-order valence-electron chi connectivity index (χ2n) is 3.86. The van der Waals surface area contributed by atoms with Gasteiger partial charge in [-0.25, -0.2) is 5.43 Å². The number of amides is 1. The van der Waals surface area contributed by atoms with Crippen LogP contribution < -0.4 is 5.43 Å². The lowest BCUT2D eigenvalue weighted by molar-refractivity contribution is 0.0955. The van der Waals surface area contributed by atoms with Gasteiger partial charge in [0.1, 0.15) is 5.75 Å². The maximum Gasteiger partial charge on any atom is 0.271 e. The molecule has 2 N–H and O–H groups in total. The zero-order chi connectivity index (χ0) is 14.5. The summed E-state index contributed by atoms with van der Waals surface area (Å²) in [4.78, 5) is 11.7. The van der Waals surface area contributed by atoms with Crippen LogP contribution in [0.3, 0.4) is 0 Å². The normalized spacial score (nSPS) is 10.7. The van der Waals surface area contributed by atoms with Gasteiger partial charge in [0, 0.05) is 5.56 Å². The molecular formula is C14H10Cl2N2O2. The van der Waals surface area contributed by atoms with Crippen molar-refractivity contribution in [3.63, 3.8) is 0 Å². The molecule has 0 unspecified atom stereocenters. The number of rotatable bonds is 3. The van der Waals surface area contributed by atoms with Crippen LogP contribution in [0.4, 0.5) is 0 Å². The van der Waals surface area contributed by atoms with Gasteiger partial charge < -0.3 is 5.11 Å². The van der Waals surface area contributed by atoms with Gasteiger partial charge >= 0.3 is 0 Å². The Kier molecular flexibility index (Phi) is 4.61. The third-order valence-electron chi connectivity index (χ3n) is 2.51. The van der Waals surface area contributed by atoms with Crippen molar-refractivity contribution in [1.29, 1.82) is 0 Å². The van der Waals surface area contributed by atoms with E-state index >= 15 is 0 Å². The zero-order valence-corrected chi connectivity index (χ0v) is 11.7. The van der Waals surface area contributed by atoms with E-state index in [1.54, 1.807) is 24.3 Å². The first-order valence-corrected chi connectivity index (χ1v) is 6.40. The lowest BCUT2D eigenvalue weighted by atomic mass is 10.2. The average molecular weight is 309 g/mol. The van der Waals surface area contributed by atoms with Crippen molar-refractivity contribution in [2.24, 2.45) is 5.10 Å². The average Bonchev–Trinajstić information content (AvgIpc) is 2.47. The summed E-state index contributed by atoms with van der Waals surface area (Å²) in [6.45, 7) is 0. The Labute approximate surface area is 125 Å². The highest BCUT2D eigenvalue weighted by molar-refractivity contribution is 6.36. The van der Waals surface area contributed by atoms with E-state index in [1.165, 1.54) is 18.3 Å². The highest BCUT2D eigenvalue weighted by atomic mass is 35.5. The molecule has 0 atom stereocenters. The number of hydrogen-bond acceptors (Lipinski definition) is 3. The van der Waals surface area contributed by atoms with Crippen molar-refractivity contribution in [3.8, 4) is 5.75 Å². The zero-order valence-electron chi connectivity index (χ0n) is 10.2. The topological polar surface area (TPSA) is 61.7 Å². The summed E-state index contributed by atoms with van der Waals surface area (Å²) in [6, 6.07) is 11.6. The molecule has 0 aromatic heterocycles. The van der Waals surface area contributed by atoms with Crippen molar-refractivity contribution in [3.05, 3.63) is 63.6 Å². The molecule has 6 heteroatoms. The number of nitrogens with one attached hydrogen (secondary N) is 1. The van der Waals surface area contributed by atoms with E-state index in [4.69, 9.17) is 23.2 Å². The van der Waals surface area contributed by atoms with Crippen LogP contribution in [0.25, 0.3) is 0 Å². The molecule has 0 bridgehead atoms. The lowest BCUT2D eigenvalue weighted by Crippen LogP contribution is -2.17. The molecule has 0 saturated heterocycles. The van der Waals surface area contributed by atoms with Crippen LogP contribution >= 0.6 is 23.2 Å². The number of hydrazone groups is 1. The number of nitrogens with zero attached hydrogens (tertiary/aromatic N) is 1. The molecule has 0 saturated carbocycles. The summed E-state index contributed by atoms with van der Waals surface area (Å²) in [5.74, 6) is -0.545. The van der Waals surface area contributed by atoms with Gasteiger partial charge in [0.25, 0.3) is 5.91 Å². The number of halogens is 2. The Hall–Kier alpha value is -2.04. The largest absolute Gasteiger partial charge is 0.506 e. The minimum absolute atomic E-state index is 0.158. The molecule has 2 aromatic rings. The van der Waals surface area contributed by atoms with Crippen LogP contribution in [0.1, 0.15) is 15.9 Å². The van der Waals surface area contributed by atoms with Crippen LogP contribution in [0, 0.1) is 0 Å². The van der Waals surface area contributed by atoms with E-state index in [1.807, 2.05) is 6.07 Å². The molecule has 2 rings (SSSR count). The third kappa shape index (κ3) is 3.29. The van der Waals surface area contributed by atoms with Crippen LogP contribution in [0.15, 0.2) is 47.6 Å². The van der Waals surface area contributed by atoms with Gasteiger partial charge in [-0.2, -0.15) is 5.10 Å². The maximum absolute atomic E-state index is 11.7. The van der Waals surface area contributed by atoms with Crippen LogP contribution in [-0.2, 0) is 0 Å². The first kappa shape index (κ1) is 14.4. The van der Waals surface area contributed by atoms with Gasteiger partial charge in [0.05, 0.1) is 21.8 Å². The van der Waals surface area contributed by atoms with Crippen LogP contribution in [-0.4, -0.2) is 17.2 Å². The maximum atomic E-state index is 11.7. The minimum atomic E-state index is -0.362. The predicted molar refractivity (Wildman–Crippen MR) is 79.6 cm³/mol. The van der Waals surface area contributed by atoms with Gasteiger partial charge in [0.15, 0.2) is 0 Å². The lowest BCUT2D eigenvalue weighted by Gasteiger charge is -2.03. The second kappa shape index (κ2) is 6.41. The van der Waals surface area contributed by atoms with E-state index in [0.717, 1.165) is 0 Å². The highest BCUT2D eigenvalue weighted by Crippen LogP contribution is 2.31. The fraction of sp³-hybridized carbons (Fsp3) is 0. The Morgan fingerprint density at radius 1 is 1.10 bits per heavy atom. The third-order valence-corrected chi connectivity index (χ3v) is 3.14. The molecule has 4 nitrogen and oxygen atoms in total. The van der Waals surface area contributed by atoms with Crippen molar-refractivity contribution in [2.45, 2.75) is 0 Å². The molecule has 20 heavy (non-hydrogen) atoms. The van der Waals surface area contributed by atoms with Gasteiger partial charge in [-0.3, -0.25) is 4.79 Å². The molecule has 0 heterocycles. The number of benzene rings is 2. The number of aromatic hydroxyl groups is 1. The van der Waals surface area contributed by atoms with Crippen LogP contribution in [0.5, 0.6) is 5.75 Å². The highest BCUT2D eigenvalue weighted by Gasteiger charge is 2.08. The summed E-state index contributed by atoms with van der Waals surface area (Å²) < 4.78 is 0. The van der Waals surface area contributed by atoms with Crippen molar-refractivity contribution in [2.75, 3.05) is 0 Å². The predicted octanol–water partition coefficient (Wildman–Crippen LogP) is 3.46. The smallest absolute Gasteiger partial charge is 0.271 e. The fourth-order valence-electron chi connectivity index (χ4n) is 1.49. The summed E-state index contributed by atoms with van der Waals surface area (Å²) in [5, 5.41) is 13.9. The Balaban J connectivity index is 2.12. The quantitative estimate of drug-likeness (QED) is 0.674. The molecule has 0 fully saturated rings. The van der Waals surface area contributed by atoms with E-state index in [-0.39, 0.29) is 27.3 Å². The molecule has 0 aliphatic rings. The van der Waals surface area contributed by atoms with E-state index in [0.29, 0.717) is 5.56 Å². The molecule has 0 spiro atoms.